The van der Waals surface area contributed by atoms with Crippen LogP contribution in [-0.2, 0) is 7.05 Å². The average molecular weight is 338 g/mol. The van der Waals surface area contributed by atoms with Gasteiger partial charge in [-0.15, -0.1) is 0 Å². The Morgan fingerprint density at radius 1 is 1.08 bits per heavy atom. The van der Waals surface area contributed by atoms with E-state index in [1.165, 1.54) is 22.4 Å². The summed E-state index contributed by atoms with van der Waals surface area (Å²) in [5.74, 6) is -0.116. The van der Waals surface area contributed by atoms with Gasteiger partial charge in [-0.3, -0.25) is 14.5 Å². The summed E-state index contributed by atoms with van der Waals surface area (Å²) in [6.07, 6.45) is 4.27. The Morgan fingerprint density at radius 3 is 2.48 bits per heavy atom. The summed E-state index contributed by atoms with van der Waals surface area (Å²) in [5.41, 5.74) is 1.29. The lowest BCUT2D eigenvalue weighted by Crippen LogP contribution is -2.49. The number of piperazine rings is 1. The van der Waals surface area contributed by atoms with Crippen LogP contribution in [-0.4, -0.2) is 58.2 Å². The van der Waals surface area contributed by atoms with Gasteiger partial charge in [-0.1, -0.05) is 42.5 Å². The van der Waals surface area contributed by atoms with Gasteiger partial charge in [0.25, 0.3) is 11.5 Å². The lowest BCUT2D eigenvalue weighted by atomic mass is 10.2. The third-order valence-corrected chi connectivity index (χ3v) is 4.31. The first-order valence-corrected chi connectivity index (χ1v) is 8.41. The SMILES string of the molecule is Cn1nc(C(=O)N2CCN(CC=Cc3ccccc3)CC2)ccc1=O. The Kier molecular flexibility index (Phi) is 5.40. The zero-order valence-electron chi connectivity index (χ0n) is 14.3. The van der Waals surface area contributed by atoms with E-state index in [0.29, 0.717) is 18.8 Å². The second-order valence-corrected chi connectivity index (χ2v) is 6.09. The van der Waals surface area contributed by atoms with Gasteiger partial charge in [-0.2, -0.15) is 5.10 Å². The predicted molar refractivity (Wildman–Crippen MR) is 97.3 cm³/mol. The maximum absolute atomic E-state index is 12.5. The number of rotatable bonds is 4. The summed E-state index contributed by atoms with van der Waals surface area (Å²) in [6.45, 7) is 3.87. The molecule has 0 spiro atoms. The van der Waals surface area contributed by atoms with Crippen LogP contribution in [0.2, 0.25) is 0 Å². The van der Waals surface area contributed by atoms with Crippen LogP contribution >= 0.6 is 0 Å². The Bertz CT molecular complexity index is 806. The van der Waals surface area contributed by atoms with Crippen molar-refractivity contribution >= 4 is 12.0 Å². The summed E-state index contributed by atoms with van der Waals surface area (Å²) in [5, 5.41) is 4.04. The van der Waals surface area contributed by atoms with Crippen LogP contribution in [0.1, 0.15) is 16.1 Å². The van der Waals surface area contributed by atoms with E-state index in [1.54, 1.807) is 11.9 Å². The third kappa shape index (κ3) is 4.42. The second-order valence-electron chi connectivity index (χ2n) is 6.09. The Balaban J connectivity index is 1.51. The number of carbonyl (C=O) groups excluding carboxylic acids is 1. The van der Waals surface area contributed by atoms with E-state index in [2.05, 4.69) is 34.3 Å². The number of aryl methyl sites for hydroxylation is 1. The highest BCUT2D eigenvalue weighted by Gasteiger charge is 2.22. The quantitative estimate of drug-likeness (QED) is 0.842. The number of benzene rings is 1. The molecule has 1 amide bonds. The highest BCUT2D eigenvalue weighted by atomic mass is 16.2. The van der Waals surface area contributed by atoms with Crippen molar-refractivity contribution in [2.45, 2.75) is 0 Å². The van der Waals surface area contributed by atoms with E-state index >= 15 is 0 Å². The highest BCUT2D eigenvalue weighted by molar-refractivity contribution is 5.92. The van der Waals surface area contributed by atoms with E-state index < -0.39 is 0 Å². The van der Waals surface area contributed by atoms with Crippen molar-refractivity contribution in [3.63, 3.8) is 0 Å². The van der Waals surface area contributed by atoms with Gasteiger partial charge in [0.05, 0.1) is 0 Å². The number of amides is 1. The van der Waals surface area contributed by atoms with Crippen LogP contribution in [0.4, 0.5) is 0 Å². The molecule has 130 valence electrons. The molecule has 2 heterocycles. The number of hydrogen-bond acceptors (Lipinski definition) is 4. The minimum atomic E-state index is -0.216. The predicted octanol–water partition coefficient (Wildman–Crippen LogP) is 1.25. The van der Waals surface area contributed by atoms with Crippen LogP contribution in [0.25, 0.3) is 6.08 Å². The fourth-order valence-electron chi connectivity index (χ4n) is 2.81. The maximum atomic E-state index is 12.5. The minimum absolute atomic E-state index is 0.116. The van der Waals surface area contributed by atoms with E-state index in [9.17, 15) is 9.59 Å². The molecule has 0 saturated carbocycles. The van der Waals surface area contributed by atoms with E-state index in [-0.39, 0.29) is 11.5 Å². The van der Waals surface area contributed by atoms with Gasteiger partial charge in [-0.25, -0.2) is 4.68 Å². The summed E-state index contributed by atoms with van der Waals surface area (Å²) in [6, 6.07) is 13.1. The number of carbonyl (C=O) groups is 1. The summed E-state index contributed by atoms with van der Waals surface area (Å²) < 4.78 is 1.19. The van der Waals surface area contributed by atoms with Gasteiger partial charge in [-0.05, 0) is 11.6 Å². The molecule has 1 aliphatic heterocycles. The van der Waals surface area contributed by atoms with Crippen LogP contribution in [0, 0.1) is 0 Å². The van der Waals surface area contributed by atoms with Gasteiger partial charge in [0, 0.05) is 45.8 Å². The van der Waals surface area contributed by atoms with Crippen molar-refractivity contribution < 1.29 is 4.79 Å². The molecule has 1 aromatic carbocycles. The van der Waals surface area contributed by atoms with Crippen LogP contribution < -0.4 is 5.56 Å². The smallest absolute Gasteiger partial charge is 0.274 e. The van der Waals surface area contributed by atoms with E-state index in [1.807, 2.05) is 18.2 Å². The molecule has 0 atom stereocenters. The second kappa shape index (κ2) is 7.90. The Hall–Kier alpha value is -2.73. The number of hydrogen-bond donors (Lipinski definition) is 0. The zero-order chi connectivity index (χ0) is 17.6. The summed E-state index contributed by atoms with van der Waals surface area (Å²) in [4.78, 5) is 28.0. The monoisotopic (exact) mass is 338 g/mol. The first-order valence-electron chi connectivity index (χ1n) is 8.41. The fraction of sp³-hybridized carbons (Fsp3) is 0.316. The molecule has 6 heteroatoms. The van der Waals surface area contributed by atoms with E-state index in [4.69, 9.17) is 0 Å². The molecule has 1 aromatic heterocycles. The largest absolute Gasteiger partial charge is 0.335 e. The molecule has 1 aliphatic rings. The van der Waals surface area contributed by atoms with Crippen molar-refractivity contribution in [1.82, 2.24) is 19.6 Å². The molecule has 3 rings (SSSR count). The first-order chi connectivity index (χ1) is 12.1. The Morgan fingerprint density at radius 2 is 1.80 bits per heavy atom. The molecule has 0 bridgehead atoms. The highest BCUT2D eigenvalue weighted by Crippen LogP contribution is 2.07. The molecular formula is C19H22N4O2. The van der Waals surface area contributed by atoms with Crippen molar-refractivity contribution in [1.29, 1.82) is 0 Å². The van der Waals surface area contributed by atoms with Crippen LogP contribution in [0.15, 0.2) is 53.3 Å². The Labute approximate surface area is 147 Å². The first kappa shape index (κ1) is 17.1. The van der Waals surface area contributed by atoms with Crippen molar-refractivity contribution in [2.24, 2.45) is 7.05 Å². The topological polar surface area (TPSA) is 58.4 Å². The molecule has 1 fully saturated rings. The molecule has 25 heavy (non-hydrogen) atoms. The number of nitrogens with zero attached hydrogens (tertiary/aromatic N) is 4. The summed E-state index contributed by atoms with van der Waals surface area (Å²) in [7, 11) is 1.55. The fourth-order valence-corrected chi connectivity index (χ4v) is 2.81. The van der Waals surface area contributed by atoms with Crippen LogP contribution in [0.3, 0.4) is 0 Å². The molecular weight excluding hydrogens is 316 g/mol. The molecule has 6 nitrogen and oxygen atoms in total. The number of aromatic nitrogens is 2. The molecule has 0 aliphatic carbocycles. The van der Waals surface area contributed by atoms with Crippen LogP contribution in [0.5, 0.6) is 0 Å². The van der Waals surface area contributed by atoms with Gasteiger partial charge in [0.1, 0.15) is 5.69 Å². The standard InChI is InChI=1S/C19H22N4O2/c1-21-18(24)10-9-17(20-21)19(25)23-14-12-22(13-15-23)11-5-8-16-6-3-2-4-7-16/h2-10H,11-15H2,1H3. The van der Waals surface area contributed by atoms with E-state index in [0.717, 1.165) is 19.6 Å². The molecule has 0 unspecified atom stereocenters. The van der Waals surface area contributed by atoms with Gasteiger partial charge in [0.15, 0.2) is 0 Å². The molecule has 1 saturated heterocycles. The molecule has 0 radical (unpaired) electrons. The molecule has 2 aromatic rings. The lowest BCUT2D eigenvalue weighted by molar-refractivity contribution is 0.0642. The maximum Gasteiger partial charge on any atom is 0.274 e. The normalized spacial score (nSPS) is 15.6. The third-order valence-electron chi connectivity index (χ3n) is 4.31. The van der Waals surface area contributed by atoms with Gasteiger partial charge in [0.2, 0.25) is 0 Å². The van der Waals surface area contributed by atoms with Gasteiger partial charge < -0.3 is 4.90 Å². The average Bonchev–Trinajstić information content (AvgIpc) is 2.65. The van der Waals surface area contributed by atoms with Gasteiger partial charge >= 0.3 is 0 Å². The molecule has 0 N–H and O–H groups in total. The lowest BCUT2D eigenvalue weighted by Gasteiger charge is -2.33. The van der Waals surface area contributed by atoms with Crippen molar-refractivity contribution in [3.05, 3.63) is 70.2 Å². The van der Waals surface area contributed by atoms with Crippen molar-refractivity contribution in [2.75, 3.05) is 32.7 Å². The zero-order valence-corrected chi connectivity index (χ0v) is 14.3. The van der Waals surface area contributed by atoms with Crippen molar-refractivity contribution in [3.8, 4) is 0 Å². The minimum Gasteiger partial charge on any atom is -0.335 e. The summed E-state index contributed by atoms with van der Waals surface area (Å²) >= 11 is 0.